The quantitative estimate of drug-likeness (QED) is 0.791. The lowest BCUT2D eigenvalue weighted by molar-refractivity contribution is 0.0934. The molecule has 23 heavy (non-hydrogen) atoms. The molecular formula is C16H24N2O4S. The Labute approximate surface area is 138 Å². The van der Waals surface area contributed by atoms with E-state index in [1.807, 2.05) is 30.3 Å². The topological polar surface area (TPSA) is 66.9 Å². The minimum Gasteiger partial charge on any atom is -0.450 e. The van der Waals surface area contributed by atoms with E-state index in [1.165, 1.54) is 4.31 Å². The average Bonchev–Trinajstić information content (AvgIpc) is 2.56. The molecule has 0 radical (unpaired) electrons. The molecule has 1 aromatic rings. The van der Waals surface area contributed by atoms with E-state index in [-0.39, 0.29) is 11.8 Å². The number of rotatable bonds is 6. The van der Waals surface area contributed by atoms with Crippen molar-refractivity contribution in [3.63, 3.8) is 0 Å². The van der Waals surface area contributed by atoms with Crippen molar-refractivity contribution in [2.45, 2.75) is 19.8 Å². The van der Waals surface area contributed by atoms with E-state index in [0.29, 0.717) is 39.2 Å². The first kappa shape index (κ1) is 17.7. The number of amides is 1. The first-order valence-electron chi connectivity index (χ1n) is 7.96. The van der Waals surface area contributed by atoms with Crippen LogP contribution in [-0.4, -0.2) is 62.3 Å². The molecule has 0 aliphatic carbocycles. The summed E-state index contributed by atoms with van der Waals surface area (Å²) in [6.45, 7) is 3.54. The second kappa shape index (κ2) is 8.31. The summed E-state index contributed by atoms with van der Waals surface area (Å²) < 4.78 is 31.2. The summed E-state index contributed by atoms with van der Waals surface area (Å²) in [5.74, 6) is 0.140. The number of aryl methyl sites for hydroxylation is 1. The number of ether oxygens (including phenoxy) is 1. The summed E-state index contributed by atoms with van der Waals surface area (Å²) in [5, 5.41) is 0. The van der Waals surface area contributed by atoms with Gasteiger partial charge in [-0.1, -0.05) is 30.3 Å². The molecule has 1 fully saturated rings. The summed E-state index contributed by atoms with van der Waals surface area (Å²) in [6.07, 6.45) is 0.987. The molecule has 0 atom stereocenters. The van der Waals surface area contributed by atoms with Gasteiger partial charge >= 0.3 is 6.09 Å². The van der Waals surface area contributed by atoms with Crippen LogP contribution >= 0.6 is 0 Å². The third-order valence-electron chi connectivity index (χ3n) is 3.87. The predicted molar refractivity (Wildman–Crippen MR) is 88.7 cm³/mol. The van der Waals surface area contributed by atoms with Crippen LogP contribution in [0.4, 0.5) is 4.79 Å². The van der Waals surface area contributed by atoms with Crippen LogP contribution in [0.3, 0.4) is 0 Å². The van der Waals surface area contributed by atoms with Crippen molar-refractivity contribution in [1.29, 1.82) is 0 Å². The summed E-state index contributed by atoms with van der Waals surface area (Å²) in [4.78, 5) is 13.2. The number of hydrogen-bond acceptors (Lipinski definition) is 4. The fourth-order valence-corrected chi connectivity index (χ4v) is 4.08. The summed E-state index contributed by atoms with van der Waals surface area (Å²) in [5.41, 5.74) is 1.15. The lowest BCUT2D eigenvalue weighted by Gasteiger charge is -2.33. The second-order valence-electron chi connectivity index (χ2n) is 5.49. The lowest BCUT2D eigenvalue weighted by atomic mass is 10.1. The molecule has 1 amide bonds. The van der Waals surface area contributed by atoms with Crippen LogP contribution in [0.15, 0.2) is 30.3 Å². The zero-order valence-electron chi connectivity index (χ0n) is 13.5. The number of piperazine rings is 1. The molecule has 6 nitrogen and oxygen atoms in total. The van der Waals surface area contributed by atoms with Gasteiger partial charge in [0.2, 0.25) is 10.0 Å². The third-order valence-corrected chi connectivity index (χ3v) is 5.83. The van der Waals surface area contributed by atoms with Crippen molar-refractivity contribution in [3.8, 4) is 0 Å². The molecule has 0 aromatic heterocycles. The Morgan fingerprint density at radius 3 is 2.39 bits per heavy atom. The van der Waals surface area contributed by atoms with Crippen LogP contribution in [0, 0.1) is 0 Å². The van der Waals surface area contributed by atoms with Crippen molar-refractivity contribution >= 4 is 16.1 Å². The lowest BCUT2D eigenvalue weighted by Crippen LogP contribution is -2.51. The molecule has 0 unspecified atom stereocenters. The van der Waals surface area contributed by atoms with Gasteiger partial charge in [-0.3, -0.25) is 0 Å². The van der Waals surface area contributed by atoms with E-state index in [9.17, 15) is 13.2 Å². The van der Waals surface area contributed by atoms with Gasteiger partial charge in [-0.15, -0.1) is 0 Å². The normalized spacial score (nSPS) is 16.3. The SMILES string of the molecule is CCOC(=O)N1CCN(S(=O)(=O)CCCc2ccccc2)CC1. The Morgan fingerprint density at radius 1 is 1.13 bits per heavy atom. The van der Waals surface area contributed by atoms with Gasteiger partial charge in [-0.25, -0.2) is 13.2 Å². The Bertz CT molecular complexity index is 596. The smallest absolute Gasteiger partial charge is 0.409 e. The monoisotopic (exact) mass is 340 g/mol. The first-order valence-corrected chi connectivity index (χ1v) is 9.57. The van der Waals surface area contributed by atoms with E-state index < -0.39 is 10.0 Å². The van der Waals surface area contributed by atoms with Crippen molar-refractivity contribution in [2.24, 2.45) is 0 Å². The van der Waals surface area contributed by atoms with Crippen LogP contribution in [0.1, 0.15) is 18.9 Å². The van der Waals surface area contributed by atoms with E-state index in [1.54, 1.807) is 11.8 Å². The maximum Gasteiger partial charge on any atom is 0.409 e. The molecular weight excluding hydrogens is 316 g/mol. The zero-order chi connectivity index (χ0) is 16.7. The highest BCUT2D eigenvalue weighted by atomic mass is 32.2. The molecule has 0 saturated carbocycles. The maximum atomic E-state index is 12.4. The fraction of sp³-hybridized carbons (Fsp3) is 0.562. The van der Waals surface area contributed by atoms with E-state index in [0.717, 1.165) is 12.0 Å². The Hall–Kier alpha value is -1.60. The third kappa shape index (κ3) is 5.21. The molecule has 0 bridgehead atoms. The highest BCUT2D eigenvalue weighted by molar-refractivity contribution is 7.89. The van der Waals surface area contributed by atoms with Gasteiger partial charge in [0.05, 0.1) is 12.4 Å². The summed E-state index contributed by atoms with van der Waals surface area (Å²) in [7, 11) is -3.26. The van der Waals surface area contributed by atoms with Crippen molar-refractivity contribution < 1.29 is 17.9 Å². The van der Waals surface area contributed by atoms with E-state index >= 15 is 0 Å². The van der Waals surface area contributed by atoms with Crippen molar-refractivity contribution in [2.75, 3.05) is 38.5 Å². The standard InChI is InChI=1S/C16H24N2O4S/c1-2-22-16(19)17-10-12-18(13-11-17)23(20,21)14-6-9-15-7-4-3-5-8-15/h3-5,7-8H,2,6,9-14H2,1H3. The number of carbonyl (C=O) groups excluding carboxylic acids is 1. The van der Waals surface area contributed by atoms with Crippen LogP contribution < -0.4 is 0 Å². The Morgan fingerprint density at radius 2 is 1.78 bits per heavy atom. The number of carbonyl (C=O) groups is 1. The van der Waals surface area contributed by atoms with Crippen molar-refractivity contribution in [3.05, 3.63) is 35.9 Å². The molecule has 1 aliphatic heterocycles. The van der Waals surface area contributed by atoms with Crippen molar-refractivity contribution in [1.82, 2.24) is 9.21 Å². The molecule has 0 N–H and O–H groups in total. The van der Waals surface area contributed by atoms with Gasteiger partial charge in [0.1, 0.15) is 0 Å². The number of hydrogen-bond donors (Lipinski definition) is 0. The zero-order valence-corrected chi connectivity index (χ0v) is 14.3. The number of benzene rings is 1. The second-order valence-corrected chi connectivity index (χ2v) is 7.58. The van der Waals surface area contributed by atoms with Gasteiger partial charge in [-0.2, -0.15) is 4.31 Å². The Balaban J connectivity index is 1.78. The highest BCUT2D eigenvalue weighted by Crippen LogP contribution is 2.12. The highest BCUT2D eigenvalue weighted by Gasteiger charge is 2.28. The maximum absolute atomic E-state index is 12.4. The largest absolute Gasteiger partial charge is 0.450 e. The predicted octanol–water partition coefficient (Wildman–Crippen LogP) is 1.72. The molecule has 7 heteroatoms. The van der Waals surface area contributed by atoms with Gasteiger partial charge < -0.3 is 9.64 Å². The van der Waals surface area contributed by atoms with Crippen LogP contribution in [0.2, 0.25) is 0 Å². The average molecular weight is 340 g/mol. The Kier molecular flexibility index (Phi) is 6.41. The molecule has 2 rings (SSSR count). The van der Waals surface area contributed by atoms with Crippen LogP contribution in [-0.2, 0) is 21.2 Å². The molecule has 1 aliphatic rings. The number of nitrogens with zero attached hydrogens (tertiary/aromatic N) is 2. The number of sulfonamides is 1. The molecule has 1 saturated heterocycles. The molecule has 1 heterocycles. The van der Waals surface area contributed by atoms with Crippen LogP contribution in [0.25, 0.3) is 0 Å². The van der Waals surface area contributed by atoms with E-state index in [2.05, 4.69) is 0 Å². The first-order chi connectivity index (χ1) is 11.0. The summed E-state index contributed by atoms with van der Waals surface area (Å²) >= 11 is 0. The minimum atomic E-state index is -3.26. The van der Waals surface area contributed by atoms with E-state index in [4.69, 9.17) is 4.74 Å². The summed E-state index contributed by atoms with van der Waals surface area (Å²) in [6, 6.07) is 9.87. The van der Waals surface area contributed by atoms with Gasteiger partial charge in [-0.05, 0) is 25.3 Å². The molecule has 1 aromatic carbocycles. The van der Waals surface area contributed by atoms with Crippen LogP contribution in [0.5, 0.6) is 0 Å². The van der Waals surface area contributed by atoms with Gasteiger partial charge in [0.25, 0.3) is 0 Å². The fourth-order valence-electron chi connectivity index (χ4n) is 2.60. The van der Waals surface area contributed by atoms with Gasteiger partial charge in [0, 0.05) is 26.2 Å². The van der Waals surface area contributed by atoms with Gasteiger partial charge in [0.15, 0.2) is 0 Å². The molecule has 128 valence electrons. The minimum absolute atomic E-state index is 0.140. The molecule has 0 spiro atoms.